The summed E-state index contributed by atoms with van der Waals surface area (Å²) < 4.78 is 5.61. The van der Waals surface area contributed by atoms with Crippen molar-refractivity contribution in [2.75, 3.05) is 13.2 Å². The monoisotopic (exact) mass is 233 g/mol. The second kappa shape index (κ2) is 5.09. The summed E-state index contributed by atoms with van der Waals surface area (Å²) in [6.45, 7) is 8.61. The molecular formula is C15H23NO. The molecule has 0 aliphatic carbocycles. The number of hydrogen-bond acceptors (Lipinski definition) is 2. The molecule has 0 spiro atoms. The number of hydrogen-bond donors (Lipinski definition) is 1. The van der Waals surface area contributed by atoms with E-state index in [2.05, 4.69) is 50.4 Å². The molecule has 17 heavy (non-hydrogen) atoms. The lowest BCUT2D eigenvalue weighted by atomic mass is 9.83. The smallest absolute Gasteiger partial charge is 0.119 e. The lowest BCUT2D eigenvalue weighted by Crippen LogP contribution is -2.36. The fourth-order valence-corrected chi connectivity index (χ4v) is 2.62. The molecule has 1 fully saturated rings. The minimum absolute atomic E-state index is 0.214. The van der Waals surface area contributed by atoms with Gasteiger partial charge in [-0.25, -0.2) is 0 Å². The predicted octanol–water partition coefficient (Wildman–Crippen LogP) is 3.33. The molecule has 2 heteroatoms. The molecule has 1 aromatic rings. The summed E-state index contributed by atoms with van der Waals surface area (Å²) in [4.78, 5) is 0. The quantitative estimate of drug-likeness (QED) is 0.861. The summed E-state index contributed by atoms with van der Waals surface area (Å²) in [5.74, 6) is 1.60. The van der Waals surface area contributed by atoms with Crippen LogP contribution >= 0.6 is 0 Å². The fraction of sp³-hybridized carbons (Fsp3) is 0.600. The van der Waals surface area contributed by atoms with Gasteiger partial charge in [0.2, 0.25) is 0 Å². The maximum atomic E-state index is 5.61. The van der Waals surface area contributed by atoms with Gasteiger partial charge in [0.05, 0.1) is 6.61 Å². The minimum atomic E-state index is 0.214. The molecule has 1 heterocycles. The topological polar surface area (TPSA) is 21.3 Å². The van der Waals surface area contributed by atoms with Crippen LogP contribution in [0.25, 0.3) is 0 Å². The van der Waals surface area contributed by atoms with E-state index >= 15 is 0 Å². The van der Waals surface area contributed by atoms with Crippen LogP contribution < -0.4 is 10.1 Å². The van der Waals surface area contributed by atoms with Crippen LogP contribution in [-0.2, 0) is 0 Å². The Morgan fingerprint density at radius 2 is 2.00 bits per heavy atom. The molecule has 1 aliphatic heterocycles. The van der Waals surface area contributed by atoms with E-state index in [0.717, 1.165) is 25.3 Å². The van der Waals surface area contributed by atoms with Crippen LogP contribution in [0.2, 0.25) is 0 Å². The van der Waals surface area contributed by atoms with Crippen LogP contribution in [0.5, 0.6) is 5.75 Å². The highest BCUT2D eigenvalue weighted by Crippen LogP contribution is 2.35. The zero-order valence-corrected chi connectivity index (χ0v) is 11.1. The van der Waals surface area contributed by atoms with Crippen molar-refractivity contribution in [3.8, 4) is 5.75 Å². The molecule has 1 unspecified atom stereocenters. The molecule has 1 aliphatic rings. The highest BCUT2D eigenvalue weighted by molar-refractivity contribution is 5.32. The first-order valence-corrected chi connectivity index (χ1v) is 6.61. The Labute approximate surface area is 104 Å². The zero-order valence-electron chi connectivity index (χ0n) is 11.1. The third-order valence-corrected chi connectivity index (χ3v) is 3.64. The Kier molecular flexibility index (Phi) is 3.72. The van der Waals surface area contributed by atoms with Crippen molar-refractivity contribution >= 4 is 0 Å². The van der Waals surface area contributed by atoms with Crippen LogP contribution in [0.4, 0.5) is 0 Å². The van der Waals surface area contributed by atoms with E-state index < -0.39 is 0 Å². The largest absolute Gasteiger partial charge is 0.494 e. The molecule has 0 bridgehead atoms. The molecule has 1 atom stereocenters. The number of rotatable bonds is 4. The van der Waals surface area contributed by atoms with Crippen LogP contribution in [-0.4, -0.2) is 18.7 Å². The molecule has 0 aromatic heterocycles. The van der Waals surface area contributed by atoms with Crippen LogP contribution in [0.3, 0.4) is 0 Å². The van der Waals surface area contributed by atoms with Crippen molar-refractivity contribution in [1.29, 1.82) is 0 Å². The summed E-state index contributed by atoms with van der Waals surface area (Å²) in [5, 5.41) is 3.56. The molecular weight excluding hydrogens is 210 g/mol. The van der Waals surface area contributed by atoms with Gasteiger partial charge in [-0.3, -0.25) is 0 Å². The van der Waals surface area contributed by atoms with Crippen molar-refractivity contribution in [1.82, 2.24) is 5.32 Å². The molecule has 0 amide bonds. The zero-order chi connectivity index (χ0) is 12.3. The van der Waals surface area contributed by atoms with Gasteiger partial charge < -0.3 is 10.1 Å². The Morgan fingerprint density at radius 3 is 2.53 bits per heavy atom. The first-order valence-electron chi connectivity index (χ1n) is 6.61. The standard InChI is InChI=1S/C15H23NO/c1-4-11-17-13-7-5-12(6-8-13)14-9-10-16-15(14,2)3/h5-8,14,16H,4,9-11H2,1-3H3. The fourth-order valence-electron chi connectivity index (χ4n) is 2.62. The van der Waals surface area contributed by atoms with E-state index in [1.165, 1.54) is 12.0 Å². The Morgan fingerprint density at radius 1 is 1.29 bits per heavy atom. The van der Waals surface area contributed by atoms with Crippen molar-refractivity contribution in [3.05, 3.63) is 29.8 Å². The molecule has 1 N–H and O–H groups in total. The van der Waals surface area contributed by atoms with Crippen LogP contribution in [0.15, 0.2) is 24.3 Å². The van der Waals surface area contributed by atoms with E-state index in [0.29, 0.717) is 5.92 Å². The Balaban J connectivity index is 2.07. The number of benzene rings is 1. The average molecular weight is 233 g/mol. The van der Waals surface area contributed by atoms with Crippen molar-refractivity contribution in [2.24, 2.45) is 0 Å². The third-order valence-electron chi connectivity index (χ3n) is 3.64. The number of nitrogens with one attached hydrogen (secondary N) is 1. The second-order valence-electron chi connectivity index (χ2n) is 5.41. The summed E-state index contributed by atoms with van der Waals surface area (Å²) in [6, 6.07) is 8.62. The van der Waals surface area contributed by atoms with Gasteiger partial charge in [-0.1, -0.05) is 19.1 Å². The molecule has 0 saturated carbocycles. The van der Waals surface area contributed by atoms with Crippen molar-refractivity contribution < 1.29 is 4.74 Å². The summed E-state index contributed by atoms with van der Waals surface area (Å²) in [6.07, 6.45) is 2.28. The van der Waals surface area contributed by atoms with E-state index in [1.807, 2.05) is 0 Å². The first-order chi connectivity index (χ1) is 8.13. The highest BCUT2D eigenvalue weighted by atomic mass is 16.5. The maximum Gasteiger partial charge on any atom is 0.119 e. The van der Waals surface area contributed by atoms with Gasteiger partial charge in [-0.05, 0) is 50.9 Å². The van der Waals surface area contributed by atoms with Gasteiger partial charge in [-0.15, -0.1) is 0 Å². The minimum Gasteiger partial charge on any atom is -0.494 e. The van der Waals surface area contributed by atoms with Crippen molar-refractivity contribution in [2.45, 2.75) is 45.1 Å². The Bertz CT molecular complexity index is 356. The van der Waals surface area contributed by atoms with E-state index in [9.17, 15) is 0 Å². The molecule has 2 nitrogen and oxygen atoms in total. The molecule has 2 rings (SSSR count). The van der Waals surface area contributed by atoms with Gasteiger partial charge in [-0.2, -0.15) is 0 Å². The SMILES string of the molecule is CCCOc1ccc(C2CCNC2(C)C)cc1. The Hall–Kier alpha value is -1.02. The van der Waals surface area contributed by atoms with Gasteiger partial charge in [0, 0.05) is 11.5 Å². The summed E-state index contributed by atoms with van der Waals surface area (Å²) >= 11 is 0. The van der Waals surface area contributed by atoms with Crippen LogP contribution in [0, 0.1) is 0 Å². The van der Waals surface area contributed by atoms with Gasteiger partial charge in [0.25, 0.3) is 0 Å². The highest BCUT2D eigenvalue weighted by Gasteiger charge is 2.34. The van der Waals surface area contributed by atoms with E-state index in [-0.39, 0.29) is 5.54 Å². The lowest BCUT2D eigenvalue weighted by Gasteiger charge is -2.27. The molecule has 0 radical (unpaired) electrons. The second-order valence-corrected chi connectivity index (χ2v) is 5.41. The van der Waals surface area contributed by atoms with Gasteiger partial charge in [0.15, 0.2) is 0 Å². The van der Waals surface area contributed by atoms with Crippen molar-refractivity contribution in [3.63, 3.8) is 0 Å². The predicted molar refractivity (Wildman–Crippen MR) is 71.7 cm³/mol. The molecule has 1 aromatic carbocycles. The maximum absolute atomic E-state index is 5.61. The lowest BCUT2D eigenvalue weighted by molar-refractivity contribution is 0.317. The summed E-state index contributed by atoms with van der Waals surface area (Å²) in [5.41, 5.74) is 1.63. The van der Waals surface area contributed by atoms with Gasteiger partial charge >= 0.3 is 0 Å². The van der Waals surface area contributed by atoms with E-state index in [4.69, 9.17) is 4.74 Å². The van der Waals surface area contributed by atoms with Crippen LogP contribution in [0.1, 0.15) is 45.1 Å². The number of ether oxygens (including phenoxy) is 1. The summed E-state index contributed by atoms with van der Waals surface area (Å²) in [7, 11) is 0. The molecule has 94 valence electrons. The average Bonchev–Trinajstić information content (AvgIpc) is 2.67. The molecule has 1 saturated heterocycles. The first kappa shape index (κ1) is 12.4. The van der Waals surface area contributed by atoms with E-state index in [1.54, 1.807) is 0 Å². The van der Waals surface area contributed by atoms with Gasteiger partial charge in [0.1, 0.15) is 5.75 Å². The normalized spacial score (nSPS) is 22.6. The third kappa shape index (κ3) is 2.81.